The van der Waals surface area contributed by atoms with E-state index in [9.17, 15) is 14.4 Å². The van der Waals surface area contributed by atoms with E-state index in [0.29, 0.717) is 11.3 Å². The largest absolute Gasteiger partial charge is 0.329 e. The van der Waals surface area contributed by atoms with Crippen molar-refractivity contribution in [3.63, 3.8) is 0 Å². The Balaban J connectivity index is 1.41. The molecule has 174 valence electrons. The molecule has 35 heavy (non-hydrogen) atoms. The highest BCUT2D eigenvalue weighted by atomic mass is 35.5. The van der Waals surface area contributed by atoms with E-state index in [4.69, 9.17) is 11.6 Å². The Morgan fingerprint density at radius 2 is 1.66 bits per heavy atom. The standard InChI is InChI=1S/C26H20ClN5O3/c1-16-7-6-9-19(13-16)29-24(33)20-10-3-5-12-22(20)31-25(34)26(35)32-28-15-18-14-17-8-2-4-11-21(17)30-23(18)27/h2-15H,1H3,(H,29,33)(H,31,34)(H,32,35). The van der Waals surface area contributed by atoms with Gasteiger partial charge in [-0.25, -0.2) is 10.4 Å². The molecule has 0 saturated carbocycles. The number of carbonyl (C=O) groups excluding carboxylic acids is 3. The number of rotatable bonds is 5. The number of benzene rings is 3. The number of nitrogens with one attached hydrogen (secondary N) is 3. The summed E-state index contributed by atoms with van der Waals surface area (Å²) in [5.41, 5.74) is 5.34. The molecule has 0 unspecified atom stereocenters. The number of hydrogen-bond acceptors (Lipinski definition) is 5. The molecule has 0 fully saturated rings. The first-order valence-electron chi connectivity index (χ1n) is 10.6. The minimum absolute atomic E-state index is 0.184. The third kappa shape index (κ3) is 5.87. The van der Waals surface area contributed by atoms with E-state index in [1.54, 1.807) is 30.3 Å². The highest BCUT2D eigenvalue weighted by Crippen LogP contribution is 2.20. The molecule has 0 atom stereocenters. The molecule has 3 aromatic carbocycles. The van der Waals surface area contributed by atoms with Gasteiger partial charge in [0.25, 0.3) is 5.91 Å². The van der Waals surface area contributed by atoms with Crippen LogP contribution in [0.2, 0.25) is 5.15 Å². The zero-order chi connectivity index (χ0) is 24.8. The summed E-state index contributed by atoms with van der Waals surface area (Å²) < 4.78 is 0. The molecular weight excluding hydrogens is 466 g/mol. The van der Waals surface area contributed by atoms with Crippen LogP contribution < -0.4 is 16.1 Å². The molecule has 0 radical (unpaired) electrons. The average Bonchev–Trinajstić information content (AvgIpc) is 2.84. The Morgan fingerprint density at radius 3 is 2.49 bits per heavy atom. The van der Waals surface area contributed by atoms with Gasteiger partial charge in [0, 0.05) is 16.6 Å². The van der Waals surface area contributed by atoms with Crippen LogP contribution in [-0.2, 0) is 9.59 Å². The minimum atomic E-state index is -1.01. The lowest BCUT2D eigenvalue weighted by atomic mass is 10.1. The second kappa shape index (κ2) is 10.6. The molecule has 0 spiro atoms. The number of aryl methyl sites for hydroxylation is 1. The number of nitrogens with zero attached hydrogens (tertiary/aromatic N) is 2. The van der Waals surface area contributed by atoms with Crippen molar-refractivity contribution in [1.82, 2.24) is 10.4 Å². The number of anilines is 2. The molecule has 8 nitrogen and oxygen atoms in total. The molecule has 0 aliphatic carbocycles. The Bertz CT molecular complexity index is 1470. The topological polar surface area (TPSA) is 113 Å². The fourth-order valence-electron chi connectivity index (χ4n) is 3.30. The SMILES string of the molecule is Cc1cccc(NC(=O)c2ccccc2NC(=O)C(=O)NN=Cc2cc3ccccc3nc2Cl)c1. The maximum Gasteiger partial charge on any atom is 0.329 e. The van der Waals surface area contributed by atoms with Crippen LogP contribution in [0, 0.1) is 6.92 Å². The molecule has 0 aliphatic rings. The lowest BCUT2D eigenvalue weighted by Gasteiger charge is -2.11. The van der Waals surface area contributed by atoms with Crippen LogP contribution in [0.4, 0.5) is 11.4 Å². The smallest absolute Gasteiger partial charge is 0.322 e. The van der Waals surface area contributed by atoms with Crippen LogP contribution in [-0.4, -0.2) is 28.9 Å². The number of fused-ring (bicyclic) bond motifs is 1. The third-order valence-corrected chi connectivity index (χ3v) is 5.28. The summed E-state index contributed by atoms with van der Waals surface area (Å²) in [5, 5.41) is 10.1. The first-order valence-corrected chi connectivity index (χ1v) is 11.0. The van der Waals surface area contributed by atoms with Gasteiger partial charge in [0.15, 0.2) is 0 Å². The lowest BCUT2D eigenvalue weighted by molar-refractivity contribution is -0.136. The number of amides is 3. The highest BCUT2D eigenvalue weighted by molar-refractivity contribution is 6.40. The van der Waals surface area contributed by atoms with E-state index in [2.05, 4.69) is 26.1 Å². The van der Waals surface area contributed by atoms with Gasteiger partial charge in [-0.3, -0.25) is 14.4 Å². The highest BCUT2D eigenvalue weighted by Gasteiger charge is 2.18. The van der Waals surface area contributed by atoms with E-state index >= 15 is 0 Å². The summed E-state index contributed by atoms with van der Waals surface area (Å²) in [6, 6.07) is 22.9. The Labute approximate surface area is 206 Å². The van der Waals surface area contributed by atoms with Crippen molar-refractivity contribution in [3.8, 4) is 0 Å². The van der Waals surface area contributed by atoms with Crippen molar-refractivity contribution in [2.45, 2.75) is 6.92 Å². The zero-order valence-electron chi connectivity index (χ0n) is 18.6. The van der Waals surface area contributed by atoms with Crippen LogP contribution in [0.15, 0.2) is 84.0 Å². The minimum Gasteiger partial charge on any atom is -0.322 e. The molecule has 0 saturated heterocycles. The lowest BCUT2D eigenvalue weighted by Crippen LogP contribution is -2.33. The van der Waals surface area contributed by atoms with Gasteiger partial charge in [-0.1, -0.05) is 54.1 Å². The maximum atomic E-state index is 12.7. The number of hydrazone groups is 1. The van der Waals surface area contributed by atoms with E-state index < -0.39 is 17.7 Å². The van der Waals surface area contributed by atoms with Gasteiger partial charge in [0.1, 0.15) is 5.15 Å². The van der Waals surface area contributed by atoms with Crippen LogP contribution in [0.5, 0.6) is 0 Å². The zero-order valence-corrected chi connectivity index (χ0v) is 19.3. The molecule has 9 heteroatoms. The third-order valence-electron chi connectivity index (χ3n) is 4.98. The Kier molecular flexibility index (Phi) is 7.13. The Morgan fingerprint density at radius 1 is 0.886 bits per heavy atom. The van der Waals surface area contributed by atoms with E-state index in [-0.39, 0.29) is 16.4 Å². The van der Waals surface area contributed by atoms with Crippen LogP contribution in [0.3, 0.4) is 0 Å². The number of para-hydroxylation sites is 2. The number of pyridine rings is 1. The number of halogens is 1. The second-order valence-corrected chi connectivity index (χ2v) is 7.94. The number of carbonyl (C=O) groups is 3. The molecule has 1 heterocycles. The van der Waals surface area contributed by atoms with Crippen molar-refractivity contribution in [3.05, 3.63) is 101 Å². The monoisotopic (exact) mass is 485 g/mol. The van der Waals surface area contributed by atoms with E-state index in [1.807, 2.05) is 49.4 Å². The van der Waals surface area contributed by atoms with Crippen molar-refractivity contribution < 1.29 is 14.4 Å². The fraction of sp³-hybridized carbons (Fsp3) is 0.0385. The molecule has 0 aliphatic heterocycles. The van der Waals surface area contributed by atoms with Crippen LogP contribution in [0.25, 0.3) is 10.9 Å². The van der Waals surface area contributed by atoms with Gasteiger partial charge in [0.05, 0.1) is 23.0 Å². The summed E-state index contributed by atoms with van der Waals surface area (Å²) in [5.74, 6) is -2.43. The molecule has 3 amide bonds. The van der Waals surface area contributed by atoms with Crippen molar-refractivity contribution in [2.24, 2.45) is 5.10 Å². The molecule has 4 rings (SSSR count). The normalized spacial score (nSPS) is 10.8. The maximum absolute atomic E-state index is 12.7. The fourth-order valence-corrected chi connectivity index (χ4v) is 3.50. The molecular formula is C26H20ClN5O3. The van der Waals surface area contributed by atoms with Gasteiger partial charge in [-0.05, 0) is 48.9 Å². The van der Waals surface area contributed by atoms with Gasteiger partial charge >= 0.3 is 11.8 Å². The van der Waals surface area contributed by atoms with Gasteiger partial charge in [-0.15, -0.1) is 0 Å². The van der Waals surface area contributed by atoms with Gasteiger partial charge in [-0.2, -0.15) is 5.10 Å². The predicted octanol–water partition coefficient (Wildman–Crippen LogP) is 4.54. The van der Waals surface area contributed by atoms with E-state index in [1.165, 1.54) is 12.3 Å². The molecule has 3 N–H and O–H groups in total. The summed E-state index contributed by atoms with van der Waals surface area (Å²) in [6.07, 6.45) is 1.30. The molecule has 0 bridgehead atoms. The summed E-state index contributed by atoms with van der Waals surface area (Å²) >= 11 is 6.17. The average molecular weight is 486 g/mol. The molecule has 4 aromatic rings. The number of aromatic nitrogens is 1. The summed E-state index contributed by atoms with van der Waals surface area (Å²) in [4.78, 5) is 41.7. The predicted molar refractivity (Wildman–Crippen MR) is 137 cm³/mol. The summed E-state index contributed by atoms with van der Waals surface area (Å²) in [6.45, 7) is 1.91. The molecule has 1 aromatic heterocycles. The summed E-state index contributed by atoms with van der Waals surface area (Å²) in [7, 11) is 0. The second-order valence-electron chi connectivity index (χ2n) is 7.58. The van der Waals surface area contributed by atoms with Crippen LogP contribution >= 0.6 is 11.6 Å². The van der Waals surface area contributed by atoms with Gasteiger partial charge < -0.3 is 10.6 Å². The first kappa shape index (κ1) is 23.6. The van der Waals surface area contributed by atoms with E-state index in [0.717, 1.165) is 16.5 Å². The van der Waals surface area contributed by atoms with Crippen molar-refractivity contribution in [1.29, 1.82) is 0 Å². The number of hydrogen-bond donors (Lipinski definition) is 3. The van der Waals surface area contributed by atoms with Crippen molar-refractivity contribution >= 4 is 57.8 Å². The van der Waals surface area contributed by atoms with Gasteiger partial charge in [0.2, 0.25) is 0 Å². The first-order chi connectivity index (χ1) is 16.9. The quantitative estimate of drug-likeness (QED) is 0.167. The van der Waals surface area contributed by atoms with Crippen molar-refractivity contribution in [2.75, 3.05) is 10.6 Å². The van der Waals surface area contributed by atoms with Crippen LogP contribution in [0.1, 0.15) is 21.5 Å². The Hall–Kier alpha value is -4.56.